The van der Waals surface area contributed by atoms with Crippen LogP contribution < -0.4 is 10.6 Å². The molecule has 1 unspecified atom stereocenters. The van der Waals surface area contributed by atoms with E-state index in [2.05, 4.69) is 20.6 Å². The van der Waals surface area contributed by atoms with Gasteiger partial charge < -0.3 is 25.8 Å². The van der Waals surface area contributed by atoms with Gasteiger partial charge in [-0.2, -0.15) is 0 Å². The van der Waals surface area contributed by atoms with E-state index >= 15 is 0 Å². The maximum Gasteiger partial charge on any atom is 0.326 e. The van der Waals surface area contributed by atoms with E-state index < -0.39 is 24.0 Å². The van der Waals surface area contributed by atoms with Gasteiger partial charge >= 0.3 is 18.0 Å². The van der Waals surface area contributed by atoms with Gasteiger partial charge in [0.15, 0.2) is 0 Å². The normalized spacial score (nSPS) is 11.6. The molecule has 2 amide bonds. The van der Waals surface area contributed by atoms with Crippen molar-refractivity contribution in [3.05, 3.63) is 18.2 Å². The number of aliphatic carboxylic acids is 2. The van der Waals surface area contributed by atoms with Gasteiger partial charge in [-0.25, -0.2) is 14.6 Å². The number of urea groups is 1. The first-order valence-electron chi connectivity index (χ1n) is 5.95. The van der Waals surface area contributed by atoms with E-state index in [4.69, 9.17) is 10.2 Å². The number of nitrogens with zero attached hydrogens (tertiary/aromatic N) is 1. The summed E-state index contributed by atoms with van der Waals surface area (Å²) in [5.41, 5.74) is 0.839. The molecular weight excluding hydrogens is 268 g/mol. The first-order valence-corrected chi connectivity index (χ1v) is 5.95. The van der Waals surface area contributed by atoms with Gasteiger partial charge in [-0.3, -0.25) is 4.79 Å². The van der Waals surface area contributed by atoms with Crippen molar-refractivity contribution >= 4 is 18.0 Å². The highest BCUT2D eigenvalue weighted by Crippen LogP contribution is 1.98. The molecule has 0 spiro atoms. The van der Waals surface area contributed by atoms with Gasteiger partial charge in [-0.05, 0) is 6.42 Å². The molecule has 1 rings (SSSR count). The molecule has 1 aromatic heterocycles. The molecule has 0 bridgehead atoms. The number of H-pyrrole nitrogens is 1. The van der Waals surface area contributed by atoms with Crippen molar-refractivity contribution in [3.8, 4) is 0 Å². The van der Waals surface area contributed by atoms with E-state index in [0.29, 0.717) is 13.0 Å². The molecule has 0 aliphatic carbocycles. The molecular formula is C11H16N4O5. The van der Waals surface area contributed by atoms with Crippen LogP contribution in [0.3, 0.4) is 0 Å². The average molecular weight is 284 g/mol. The van der Waals surface area contributed by atoms with E-state index in [9.17, 15) is 14.4 Å². The number of carbonyl (C=O) groups is 3. The Kier molecular flexibility index (Phi) is 6.01. The van der Waals surface area contributed by atoms with Crippen molar-refractivity contribution < 1.29 is 24.6 Å². The predicted molar refractivity (Wildman–Crippen MR) is 67.1 cm³/mol. The summed E-state index contributed by atoms with van der Waals surface area (Å²) in [6.45, 7) is 0.305. The van der Waals surface area contributed by atoms with Crippen LogP contribution in [0, 0.1) is 0 Å². The Labute approximate surface area is 114 Å². The molecule has 9 heteroatoms. The zero-order valence-electron chi connectivity index (χ0n) is 10.6. The number of hydrogen-bond donors (Lipinski definition) is 5. The van der Waals surface area contributed by atoms with Crippen LogP contribution in [0.15, 0.2) is 12.5 Å². The number of carbonyl (C=O) groups excluding carboxylic acids is 1. The molecule has 110 valence electrons. The van der Waals surface area contributed by atoms with Gasteiger partial charge in [0.25, 0.3) is 0 Å². The molecule has 0 saturated carbocycles. The lowest BCUT2D eigenvalue weighted by Gasteiger charge is -2.14. The fourth-order valence-corrected chi connectivity index (χ4v) is 1.47. The lowest BCUT2D eigenvalue weighted by Crippen LogP contribution is -2.46. The summed E-state index contributed by atoms with van der Waals surface area (Å²) in [6.07, 6.45) is 3.17. The summed E-state index contributed by atoms with van der Waals surface area (Å²) >= 11 is 0. The smallest absolute Gasteiger partial charge is 0.326 e. The van der Waals surface area contributed by atoms with Gasteiger partial charge in [-0.15, -0.1) is 0 Å². The average Bonchev–Trinajstić information content (AvgIpc) is 2.87. The lowest BCUT2D eigenvalue weighted by atomic mass is 10.1. The van der Waals surface area contributed by atoms with Gasteiger partial charge in [-0.1, -0.05) is 0 Å². The summed E-state index contributed by atoms with van der Waals surface area (Å²) in [5.74, 6) is -2.38. The van der Waals surface area contributed by atoms with Crippen LogP contribution in [-0.4, -0.2) is 50.7 Å². The van der Waals surface area contributed by atoms with Gasteiger partial charge in [0.1, 0.15) is 6.04 Å². The van der Waals surface area contributed by atoms with Crippen molar-refractivity contribution in [1.29, 1.82) is 0 Å². The lowest BCUT2D eigenvalue weighted by molar-refractivity contribution is -0.140. The van der Waals surface area contributed by atoms with Crippen LogP contribution in [0.1, 0.15) is 18.5 Å². The molecule has 5 N–H and O–H groups in total. The minimum absolute atomic E-state index is 0.168. The number of imidazole rings is 1. The zero-order valence-corrected chi connectivity index (χ0v) is 10.6. The van der Waals surface area contributed by atoms with Crippen LogP contribution in [0.5, 0.6) is 0 Å². The summed E-state index contributed by atoms with van der Waals surface area (Å²) in [6, 6.07) is -1.87. The highest BCUT2D eigenvalue weighted by Gasteiger charge is 2.20. The SMILES string of the molecule is O=C(O)CCC(NC(=O)NCCc1cnc[nH]1)C(=O)O. The largest absolute Gasteiger partial charge is 0.481 e. The number of rotatable bonds is 8. The van der Waals surface area contributed by atoms with Crippen molar-refractivity contribution in [2.24, 2.45) is 0 Å². The third-order valence-corrected chi connectivity index (χ3v) is 2.49. The molecule has 0 aliphatic rings. The number of carboxylic acid groups (broad SMARTS) is 2. The fraction of sp³-hybridized carbons (Fsp3) is 0.455. The van der Waals surface area contributed by atoms with Crippen LogP contribution >= 0.6 is 0 Å². The van der Waals surface area contributed by atoms with E-state index in [1.807, 2.05) is 0 Å². The predicted octanol–water partition coefficient (Wildman–Crippen LogP) is -0.431. The maximum atomic E-state index is 11.5. The number of amides is 2. The first kappa shape index (κ1) is 15.5. The Morgan fingerprint density at radius 3 is 2.65 bits per heavy atom. The summed E-state index contributed by atoms with van der Waals surface area (Å²) in [4.78, 5) is 39.4. The molecule has 0 fully saturated rings. The highest BCUT2D eigenvalue weighted by atomic mass is 16.4. The van der Waals surface area contributed by atoms with Crippen molar-refractivity contribution in [1.82, 2.24) is 20.6 Å². The number of nitrogens with one attached hydrogen (secondary N) is 3. The second-order valence-electron chi connectivity index (χ2n) is 4.05. The third kappa shape index (κ3) is 5.85. The van der Waals surface area contributed by atoms with E-state index in [-0.39, 0.29) is 12.8 Å². The number of aromatic amines is 1. The zero-order chi connectivity index (χ0) is 15.0. The summed E-state index contributed by atoms with van der Waals surface area (Å²) < 4.78 is 0. The van der Waals surface area contributed by atoms with Crippen LogP contribution in [0.2, 0.25) is 0 Å². The van der Waals surface area contributed by atoms with Gasteiger partial charge in [0.2, 0.25) is 0 Å². The fourth-order valence-electron chi connectivity index (χ4n) is 1.47. The highest BCUT2D eigenvalue weighted by molar-refractivity contribution is 5.82. The first-order chi connectivity index (χ1) is 9.49. The summed E-state index contributed by atoms with van der Waals surface area (Å²) in [7, 11) is 0. The minimum Gasteiger partial charge on any atom is -0.481 e. The molecule has 0 aromatic carbocycles. The minimum atomic E-state index is -1.27. The van der Waals surface area contributed by atoms with E-state index in [1.54, 1.807) is 6.20 Å². The van der Waals surface area contributed by atoms with E-state index in [0.717, 1.165) is 5.69 Å². The third-order valence-electron chi connectivity index (χ3n) is 2.49. The molecule has 1 aromatic rings. The Morgan fingerprint density at radius 1 is 1.35 bits per heavy atom. The monoisotopic (exact) mass is 284 g/mol. The second-order valence-corrected chi connectivity index (χ2v) is 4.05. The molecule has 0 radical (unpaired) electrons. The number of aromatic nitrogens is 2. The van der Waals surface area contributed by atoms with Crippen LogP contribution in [-0.2, 0) is 16.0 Å². The Morgan fingerprint density at radius 2 is 2.10 bits per heavy atom. The summed E-state index contributed by atoms with van der Waals surface area (Å²) in [5, 5.41) is 22.1. The Bertz CT molecular complexity index is 459. The molecule has 0 aliphatic heterocycles. The van der Waals surface area contributed by atoms with Crippen molar-refractivity contribution in [2.75, 3.05) is 6.54 Å². The standard InChI is InChI=1S/C11H16N4O5/c16-9(17)2-1-8(10(18)19)15-11(20)13-4-3-7-5-12-6-14-7/h5-6,8H,1-4H2,(H,12,14)(H,16,17)(H,18,19)(H2,13,15,20). The number of hydrogen-bond acceptors (Lipinski definition) is 4. The molecule has 1 heterocycles. The maximum absolute atomic E-state index is 11.5. The molecule has 20 heavy (non-hydrogen) atoms. The van der Waals surface area contributed by atoms with Crippen molar-refractivity contribution in [3.63, 3.8) is 0 Å². The van der Waals surface area contributed by atoms with Crippen LogP contribution in [0.25, 0.3) is 0 Å². The van der Waals surface area contributed by atoms with Gasteiger partial charge in [0.05, 0.1) is 6.33 Å². The molecule has 0 saturated heterocycles. The number of carboxylic acids is 2. The second kappa shape index (κ2) is 7.77. The van der Waals surface area contributed by atoms with Crippen LogP contribution in [0.4, 0.5) is 4.79 Å². The van der Waals surface area contributed by atoms with Gasteiger partial charge in [0, 0.05) is 31.3 Å². The topological polar surface area (TPSA) is 144 Å². The quantitative estimate of drug-likeness (QED) is 0.438. The van der Waals surface area contributed by atoms with E-state index in [1.165, 1.54) is 6.33 Å². The molecule has 1 atom stereocenters. The Hall–Kier alpha value is -2.58. The molecule has 9 nitrogen and oxygen atoms in total. The van der Waals surface area contributed by atoms with Crippen molar-refractivity contribution in [2.45, 2.75) is 25.3 Å². The Balaban J connectivity index is 2.30.